The highest BCUT2D eigenvalue weighted by molar-refractivity contribution is 6.30. The Hall–Kier alpha value is -1.36. The summed E-state index contributed by atoms with van der Waals surface area (Å²) in [5.74, 6) is 0. The van der Waals surface area contributed by atoms with E-state index in [1.54, 1.807) is 0 Å². The van der Waals surface area contributed by atoms with Crippen molar-refractivity contribution in [2.75, 3.05) is 0 Å². The summed E-state index contributed by atoms with van der Waals surface area (Å²) < 4.78 is 1.95. The second-order valence-corrected chi connectivity index (χ2v) is 4.50. The number of nitrogens with zero attached hydrogens (tertiary/aromatic N) is 2. The molecule has 3 rings (SSSR count). The molecule has 0 saturated heterocycles. The van der Waals surface area contributed by atoms with Crippen LogP contribution in [0.2, 0.25) is 5.02 Å². The number of fused-ring (bicyclic) bond motifs is 1. The summed E-state index contributed by atoms with van der Waals surface area (Å²) in [6, 6.07) is 7.67. The molecule has 17 heavy (non-hydrogen) atoms. The van der Waals surface area contributed by atoms with Crippen molar-refractivity contribution >= 4 is 11.6 Å². The van der Waals surface area contributed by atoms with Gasteiger partial charge < -0.3 is 11.1 Å². The first-order valence-electron chi connectivity index (χ1n) is 5.56. The van der Waals surface area contributed by atoms with E-state index in [4.69, 9.17) is 17.3 Å². The fourth-order valence-electron chi connectivity index (χ4n) is 2.19. The molecule has 0 aliphatic carbocycles. The maximum atomic E-state index is 5.89. The Bertz CT molecular complexity index is 544. The third-order valence-electron chi connectivity index (χ3n) is 3.03. The van der Waals surface area contributed by atoms with Crippen molar-refractivity contribution in [1.29, 1.82) is 0 Å². The Kier molecular flexibility index (Phi) is 2.63. The third-order valence-corrected chi connectivity index (χ3v) is 3.28. The lowest BCUT2D eigenvalue weighted by Gasteiger charge is -2.05. The zero-order valence-corrected chi connectivity index (χ0v) is 10.0. The van der Waals surface area contributed by atoms with Crippen molar-refractivity contribution in [3.63, 3.8) is 0 Å². The van der Waals surface area contributed by atoms with E-state index in [9.17, 15) is 0 Å². The molecule has 0 bridgehead atoms. The molecule has 5 heteroatoms. The van der Waals surface area contributed by atoms with E-state index in [-0.39, 0.29) is 0 Å². The second kappa shape index (κ2) is 4.14. The van der Waals surface area contributed by atoms with Crippen LogP contribution in [0.25, 0.3) is 5.69 Å². The topological polar surface area (TPSA) is 55.9 Å². The van der Waals surface area contributed by atoms with Crippen LogP contribution in [0.5, 0.6) is 0 Å². The van der Waals surface area contributed by atoms with Crippen LogP contribution in [0.1, 0.15) is 17.0 Å². The van der Waals surface area contributed by atoms with Gasteiger partial charge in [0.05, 0.1) is 17.1 Å². The summed E-state index contributed by atoms with van der Waals surface area (Å²) in [7, 11) is 0. The molecule has 0 unspecified atom stereocenters. The minimum Gasteiger partial charge on any atom is -0.325 e. The number of benzene rings is 1. The molecule has 0 spiro atoms. The highest BCUT2D eigenvalue weighted by Gasteiger charge is 2.21. The highest BCUT2D eigenvalue weighted by Crippen LogP contribution is 2.23. The second-order valence-electron chi connectivity index (χ2n) is 4.07. The lowest BCUT2D eigenvalue weighted by molar-refractivity contribution is 0.697. The summed E-state index contributed by atoms with van der Waals surface area (Å²) in [5, 5.41) is 8.61. The van der Waals surface area contributed by atoms with E-state index in [0.717, 1.165) is 29.5 Å². The zero-order chi connectivity index (χ0) is 11.8. The Labute approximate surface area is 104 Å². The van der Waals surface area contributed by atoms with Crippen LogP contribution in [0.3, 0.4) is 0 Å². The van der Waals surface area contributed by atoms with Crippen molar-refractivity contribution in [3.05, 3.63) is 46.2 Å². The predicted molar refractivity (Wildman–Crippen MR) is 67.0 cm³/mol. The van der Waals surface area contributed by atoms with Gasteiger partial charge in [-0.3, -0.25) is 0 Å². The fourth-order valence-corrected chi connectivity index (χ4v) is 2.31. The number of aromatic nitrogens is 2. The molecule has 1 aliphatic rings. The number of hydrogen-bond acceptors (Lipinski definition) is 3. The van der Waals surface area contributed by atoms with Gasteiger partial charge in [-0.1, -0.05) is 11.6 Å². The molecule has 2 heterocycles. The van der Waals surface area contributed by atoms with E-state index in [2.05, 4.69) is 10.4 Å². The molecule has 2 aromatic rings. The SMILES string of the molecule is NCc1nn(-c2ccc(Cl)cc2)c2c1CNC2. The average molecular weight is 249 g/mol. The zero-order valence-electron chi connectivity index (χ0n) is 9.28. The van der Waals surface area contributed by atoms with Crippen molar-refractivity contribution in [2.24, 2.45) is 5.73 Å². The number of hydrogen-bond donors (Lipinski definition) is 2. The van der Waals surface area contributed by atoms with E-state index in [1.165, 1.54) is 11.3 Å². The van der Waals surface area contributed by atoms with Crippen molar-refractivity contribution in [3.8, 4) is 5.69 Å². The van der Waals surface area contributed by atoms with Crippen LogP contribution in [-0.2, 0) is 19.6 Å². The minimum atomic E-state index is 0.477. The highest BCUT2D eigenvalue weighted by atomic mass is 35.5. The van der Waals surface area contributed by atoms with Gasteiger partial charge in [0.25, 0.3) is 0 Å². The Morgan fingerprint density at radius 3 is 2.76 bits per heavy atom. The Morgan fingerprint density at radius 1 is 1.29 bits per heavy atom. The van der Waals surface area contributed by atoms with Crippen LogP contribution in [0.4, 0.5) is 0 Å². The molecule has 4 nitrogen and oxygen atoms in total. The van der Waals surface area contributed by atoms with Gasteiger partial charge >= 0.3 is 0 Å². The lowest BCUT2D eigenvalue weighted by Crippen LogP contribution is -2.09. The number of halogens is 1. The largest absolute Gasteiger partial charge is 0.325 e. The molecule has 0 atom stereocenters. The van der Waals surface area contributed by atoms with Gasteiger partial charge in [-0.05, 0) is 24.3 Å². The normalized spacial score (nSPS) is 14.0. The molecular formula is C12H13ClN4. The molecule has 1 aromatic heterocycles. The Morgan fingerprint density at radius 2 is 2.06 bits per heavy atom. The van der Waals surface area contributed by atoms with Crippen molar-refractivity contribution in [2.45, 2.75) is 19.6 Å². The number of nitrogens with two attached hydrogens (primary N) is 1. The van der Waals surface area contributed by atoms with Crippen LogP contribution in [0.15, 0.2) is 24.3 Å². The smallest absolute Gasteiger partial charge is 0.0813 e. The van der Waals surface area contributed by atoms with E-state index in [0.29, 0.717) is 6.54 Å². The van der Waals surface area contributed by atoms with Gasteiger partial charge in [0, 0.05) is 30.2 Å². The van der Waals surface area contributed by atoms with Crippen LogP contribution in [-0.4, -0.2) is 9.78 Å². The van der Waals surface area contributed by atoms with Gasteiger partial charge in [-0.2, -0.15) is 5.10 Å². The summed E-state index contributed by atoms with van der Waals surface area (Å²) in [6.07, 6.45) is 0. The number of rotatable bonds is 2. The van der Waals surface area contributed by atoms with Crippen molar-refractivity contribution in [1.82, 2.24) is 15.1 Å². The summed E-state index contributed by atoms with van der Waals surface area (Å²) in [5.41, 5.74) is 10.1. The average Bonchev–Trinajstić information content (AvgIpc) is 2.91. The summed E-state index contributed by atoms with van der Waals surface area (Å²) >= 11 is 5.89. The molecule has 0 radical (unpaired) electrons. The summed E-state index contributed by atoms with van der Waals surface area (Å²) in [4.78, 5) is 0. The maximum Gasteiger partial charge on any atom is 0.0813 e. The fraction of sp³-hybridized carbons (Fsp3) is 0.250. The first-order valence-corrected chi connectivity index (χ1v) is 5.94. The minimum absolute atomic E-state index is 0.477. The Balaban J connectivity index is 2.12. The van der Waals surface area contributed by atoms with E-state index in [1.807, 2.05) is 28.9 Å². The van der Waals surface area contributed by atoms with E-state index < -0.39 is 0 Å². The molecule has 0 saturated carbocycles. The quantitative estimate of drug-likeness (QED) is 0.849. The molecule has 3 N–H and O–H groups in total. The molecular weight excluding hydrogens is 236 g/mol. The molecule has 0 fully saturated rings. The van der Waals surface area contributed by atoms with Crippen LogP contribution in [0, 0.1) is 0 Å². The molecule has 1 aromatic carbocycles. The van der Waals surface area contributed by atoms with Crippen LogP contribution >= 0.6 is 11.6 Å². The van der Waals surface area contributed by atoms with Gasteiger partial charge in [-0.25, -0.2) is 4.68 Å². The predicted octanol–water partition coefficient (Wildman–Crippen LogP) is 1.59. The number of nitrogens with one attached hydrogen (secondary N) is 1. The standard InChI is InChI=1S/C12H13ClN4/c13-8-1-3-9(4-2-8)17-12-7-15-6-10(12)11(5-14)16-17/h1-4,15H,5-7,14H2. The first kappa shape index (κ1) is 10.8. The summed E-state index contributed by atoms with van der Waals surface area (Å²) in [6.45, 7) is 2.17. The van der Waals surface area contributed by atoms with Gasteiger partial charge in [0.15, 0.2) is 0 Å². The van der Waals surface area contributed by atoms with Gasteiger partial charge in [0.2, 0.25) is 0 Å². The maximum absolute atomic E-state index is 5.89. The lowest BCUT2D eigenvalue weighted by atomic mass is 10.2. The van der Waals surface area contributed by atoms with Crippen molar-refractivity contribution < 1.29 is 0 Å². The molecule has 88 valence electrons. The first-order chi connectivity index (χ1) is 8.29. The third kappa shape index (κ3) is 1.74. The molecule has 0 amide bonds. The molecule has 1 aliphatic heterocycles. The van der Waals surface area contributed by atoms with Gasteiger partial charge in [-0.15, -0.1) is 0 Å². The van der Waals surface area contributed by atoms with E-state index >= 15 is 0 Å². The monoisotopic (exact) mass is 248 g/mol. The van der Waals surface area contributed by atoms with Gasteiger partial charge in [0.1, 0.15) is 0 Å². The van der Waals surface area contributed by atoms with Crippen LogP contribution < -0.4 is 11.1 Å².